The third kappa shape index (κ3) is 6.24. The van der Waals surface area contributed by atoms with E-state index in [1.54, 1.807) is 20.4 Å². The highest BCUT2D eigenvalue weighted by molar-refractivity contribution is 6.32. The van der Waals surface area contributed by atoms with Gasteiger partial charge in [0.2, 0.25) is 0 Å². The molecule has 1 atom stereocenters. The first-order valence-corrected chi connectivity index (χ1v) is 10.1. The normalized spacial score (nSPS) is 16.7. The highest BCUT2D eigenvalue weighted by Crippen LogP contribution is 2.25. The Balaban J connectivity index is 1.37. The van der Waals surface area contributed by atoms with Crippen molar-refractivity contribution in [1.82, 2.24) is 15.6 Å². The van der Waals surface area contributed by atoms with Crippen LogP contribution in [0.3, 0.4) is 0 Å². The van der Waals surface area contributed by atoms with Crippen molar-refractivity contribution in [2.24, 2.45) is 4.99 Å². The van der Waals surface area contributed by atoms with Crippen LogP contribution in [-0.2, 0) is 11.3 Å². The standard InChI is InChI=1S/C21H28ClN5O2/c1-23-21(25-10-12-29-15-16-5-3-6-18(13-16)28-2)26-17-8-11-27(14-17)20-19(22)7-4-9-24-20/h3-7,9,13,17H,8,10-12,14-15H2,1-2H3,(H2,23,25,26). The van der Waals surface area contributed by atoms with Gasteiger partial charge in [-0.05, 0) is 36.2 Å². The number of pyridine rings is 1. The van der Waals surface area contributed by atoms with E-state index in [4.69, 9.17) is 21.1 Å². The number of hydrogen-bond donors (Lipinski definition) is 2. The summed E-state index contributed by atoms with van der Waals surface area (Å²) in [5, 5.41) is 7.45. The van der Waals surface area contributed by atoms with Crippen LogP contribution in [0.1, 0.15) is 12.0 Å². The summed E-state index contributed by atoms with van der Waals surface area (Å²) in [6, 6.07) is 11.9. The molecular formula is C21H28ClN5O2. The average molecular weight is 418 g/mol. The number of benzene rings is 1. The molecule has 0 saturated carbocycles. The minimum Gasteiger partial charge on any atom is -0.497 e. The number of guanidine groups is 1. The second-order valence-electron chi connectivity index (χ2n) is 6.79. The number of nitrogens with zero attached hydrogens (tertiary/aromatic N) is 3. The van der Waals surface area contributed by atoms with Crippen molar-refractivity contribution in [3.8, 4) is 5.75 Å². The summed E-state index contributed by atoms with van der Waals surface area (Å²) in [6.45, 7) is 3.55. The number of methoxy groups -OCH3 is 1. The van der Waals surface area contributed by atoms with Crippen molar-refractivity contribution in [3.05, 3.63) is 53.2 Å². The van der Waals surface area contributed by atoms with Gasteiger partial charge in [0.1, 0.15) is 11.6 Å². The molecule has 2 N–H and O–H groups in total. The number of ether oxygens (including phenoxy) is 2. The monoisotopic (exact) mass is 417 g/mol. The number of nitrogens with one attached hydrogen (secondary N) is 2. The molecule has 1 saturated heterocycles. The van der Waals surface area contributed by atoms with Gasteiger partial charge in [0.25, 0.3) is 0 Å². The molecule has 1 aliphatic heterocycles. The van der Waals surface area contributed by atoms with Gasteiger partial charge in [-0.2, -0.15) is 0 Å². The Morgan fingerprint density at radius 1 is 1.34 bits per heavy atom. The zero-order chi connectivity index (χ0) is 20.5. The Kier molecular flexibility index (Phi) is 7.95. The molecule has 1 aromatic carbocycles. The highest BCUT2D eigenvalue weighted by Gasteiger charge is 2.25. The van der Waals surface area contributed by atoms with Gasteiger partial charge in [-0.15, -0.1) is 0 Å². The topological polar surface area (TPSA) is 71.0 Å². The molecule has 1 aliphatic rings. The molecule has 0 radical (unpaired) electrons. The van der Waals surface area contributed by atoms with E-state index in [2.05, 4.69) is 25.5 Å². The van der Waals surface area contributed by atoms with Crippen molar-refractivity contribution < 1.29 is 9.47 Å². The molecule has 0 bridgehead atoms. The fourth-order valence-electron chi connectivity index (χ4n) is 3.26. The summed E-state index contributed by atoms with van der Waals surface area (Å²) in [5.41, 5.74) is 1.09. The quantitative estimate of drug-likeness (QED) is 0.391. The highest BCUT2D eigenvalue weighted by atomic mass is 35.5. The fourth-order valence-corrected chi connectivity index (χ4v) is 3.50. The van der Waals surface area contributed by atoms with Crippen molar-refractivity contribution in [3.63, 3.8) is 0 Å². The molecule has 1 unspecified atom stereocenters. The number of halogens is 1. The van der Waals surface area contributed by atoms with Gasteiger partial charge in [0.05, 0.1) is 25.3 Å². The fraction of sp³-hybridized carbons (Fsp3) is 0.429. The van der Waals surface area contributed by atoms with Gasteiger partial charge in [0.15, 0.2) is 5.96 Å². The molecule has 0 spiro atoms. The summed E-state index contributed by atoms with van der Waals surface area (Å²) in [7, 11) is 3.44. The number of hydrogen-bond acceptors (Lipinski definition) is 5. The van der Waals surface area contributed by atoms with Crippen LogP contribution < -0.4 is 20.3 Å². The predicted octanol–water partition coefficient (Wildman–Crippen LogP) is 2.70. The second kappa shape index (κ2) is 10.9. The molecule has 0 aliphatic carbocycles. The number of aromatic nitrogens is 1. The molecule has 2 heterocycles. The van der Waals surface area contributed by atoms with E-state index in [9.17, 15) is 0 Å². The SMILES string of the molecule is CN=C(NCCOCc1cccc(OC)c1)NC1CCN(c2ncccc2Cl)C1. The van der Waals surface area contributed by atoms with Gasteiger partial charge >= 0.3 is 0 Å². The zero-order valence-corrected chi connectivity index (χ0v) is 17.7. The van der Waals surface area contributed by atoms with Gasteiger partial charge in [-0.3, -0.25) is 4.99 Å². The molecule has 156 valence electrons. The van der Waals surface area contributed by atoms with Crippen LogP contribution in [0.15, 0.2) is 47.6 Å². The maximum Gasteiger partial charge on any atom is 0.191 e. The second-order valence-corrected chi connectivity index (χ2v) is 7.20. The lowest BCUT2D eigenvalue weighted by atomic mass is 10.2. The minimum absolute atomic E-state index is 0.289. The first kappa shape index (κ1) is 21.2. The van der Waals surface area contributed by atoms with Crippen molar-refractivity contribution in [2.45, 2.75) is 19.1 Å². The molecule has 7 nitrogen and oxygen atoms in total. The number of anilines is 1. The van der Waals surface area contributed by atoms with Crippen LogP contribution in [0.2, 0.25) is 5.02 Å². The Morgan fingerprint density at radius 3 is 3.03 bits per heavy atom. The van der Waals surface area contributed by atoms with E-state index >= 15 is 0 Å². The Hall–Kier alpha value is -2.51. The predicted molar refractivity (Wildman–Crippen MR) is 117 cm³/mol. The van der Waals surface area contributed by atoms with Gasteiger partial charge in [-0.1, -0.05) is 23.7 Å². The molecule has 1 aromatic heterocycles. The van der Waals surface area contributed by atoms with Crippen LogP contribution in [0.25, 0.3) is 0 Å². The summed E-state index contributed by atoms with van der Waals surface area (Å²) >= 11 is 6.26. The Labute approximate surface area is 177 Å². The first-order chi connectivity index (χ1) is 14.2. The van der Waals surface area contributed by atoms with E-state index in [0.717, 1.165) is 42.6 Å². The molecule has 0 amide bonds. The molecule has 3 rings (SSSR count). The molecule has 2 aromatic rings. The molecule has 8 heteroatoms. The van der Waals surface area contributed by atoms with Gasteiger partial charge in [0, 0.05) is 38.9 Å². The van der Waals surface area contributed by atoms with E-state index in [1.165, 1.54) is 0 Å². The van der Waals surface area contributed by atoms with Crippen LogP contribution in [0.4, 0.5) is 5.82 Å². The summed E-state index contributed by atoms with van der Waals surface area (Å²) in [4.78, 5) is 10.9. The zero-order valence-electron chi connectivity index (χ0n) is 16.9. The maximum absolute atomic E-state index is 6.26. The number of aliphatic imine (C=N–C) groups is 1. The van der Waals surface area contributed by atoms with Gasteiger partial charge in [-0.25, -0.2) is 4.98 Å². The largest absolute Gasteiger partial charge is 0.497 e. The Bertz CT molecular complexity index is 817. The van der Waals surface area contributed by atoms with E-state index < -0.39 is 0 Å². The summed E-state index contributed by atoms with van der Waals surface area (Å²) < 4.78 is 11.0. The smallest absolute Gasteiger partial charge is 0.191 e. The van der Waals surface area contributed by atoms with Gasteiger partial charge < -0.3 is 25.0 Å². The van der Waals surface area contributed by atoms with Crippen molar-refractivity contribution >= 4 is 23.4 Å². The summed E-state index contributed by atoms with van der Waals surface area (Å²) in [5.74, 6) is 2.45. The minimum atomic E-state index is 0.289. The van der Waals surface area contributed by atoms with Crippen LogP contribution in [0.5, 0.6) is 5.75 Å². The lowest BCUT2D eigenvalue weighted by Crippen LogP contribution is -2.45. The lowest BCUT2D eigenvalue weighted by molar-refractivity contribution is 0.125. The van der Waals surface area contributed by atoms with Crippen LogP contribution in [-0.4, -0.2) is 57.4 Å². The van der Waals surface area contributed by atoms with Crippen molar-refractivity contribution in [2.75, 3.05) is 45.3 Å². The Morgan fingerprint density at radius 2 is 2.24 bits per heavy atom. The molecule has 29 heavy (non-hydrogen) atoms. The molecular weight excluding hydrogens is 390 g/mol. The molecule has 1 fully saturated rings. The average Bonchev–Trinajstić information content (AvgIpc) is 3.21. The van der Waals surface area contributed by atoms with Crippen molar-refractivity contribution in [1.29, 1.82) is 0 Å². The first-order valence-electron chi connectivity index (χ1n) is 9.73. The lowest BCUT2D eigenvalue weighted by Gasteiger charge is -2.20. The number of rotatable bonds is 8. The van der Waals surface area contributed by atoms with E-state index in [1.807, 2.05) is 36.4 Å². The van der Waals surface area contributed by atoms with E-state index in [-0.39, 0.29) is 6.04 Å². The van der Waals surface area contributed by atoms with Crippen LogP contribution in [0, 0.1) is 0 Å². The van der Waals surface area contributed by atoms with Crippen LogP contribution >= 0.6 is 11.6 Å². The maximum atomic E-state index is 6.26. The van der Waals surface area contributed by atoms with E-state index in [0.29, 0.717) is 24.8 Å². The summed E-state index contributed by atoms with van der Waals surface area (Å²) in [6.07, 6.45) is 2.77. The third-order valence-corrected chi connectivity index (χ3v) is 5.03. The third-order valence-electron chi connectivity index (χ3n) is 4.73.